The van der Waals surface area contributed by atoms with E-state index in [1.165, 1.54) is 17.7 Å². The number of anilines is 1. The maximum atomic E-state index is 13.1. The first kappa shape index (κ1) is 18.1. The summed E-state index contributed by atoms with van der Waals surface area (Å²) in [6, 6.07) is 13.7. The summed E-state index contributed by atoms with van der Waals surface area (Å²) >= 11 is 0. The number of aliphatic hydroxyl groups is 1. The summed E-state index contributed by atoms with van der Waals surface area (Å²) in [5, 5.41) is 15.0. The molecule has 0 heterocycles. The van der Waals surface area contributed by atoms with Gasteiger partial charge in [0.15, 0.2) is 0 Å². The smallest absolute Gasteiger partial charge is 0.225 e. The molecule has 128 valence electrons. The molecule has 0 saturated carbocycles. The van der Waals surface area contributed by atoms with Gasteiger partial charge in [-0.3, -0.25) is 4.79 Å². The minimum Gasteiger partial charge on any atom is -0.392 e. The number of amides is 1. The lowest BCUT2D eigenvalue weighted by molar-refractivity contribution is -0.116. The summed E-state index contributed by atoms with van der Waals surface area (Å²) in [4.78, 5) is 11.9. The van der Waals surface area contributed by atoms with Crippen LogP contribution in [-0.4, -0.2) is 23.6 Å². The van der Waals surface area contributed by atoms with Crippen LogP contribution in [-0.2, 0) is 17.8 Å². The van der Waals surface area contributed by atoms with E-state index in [1.54, 1.807) is 12.1 Å². The average molecular weight is 330 g/mol. The number of rotatable bonds is 8. The highest BCUT2D eigenvalue weighted by Crippen LogP contribution is 2.10. The van der Waals surface area contributed by atoms with Crippen molar-refractivity contribution in [2.75, 3.05) is 11.9 Å². The second-order valence-corrected chi connectivity index (χ2v) is 5.84. The molecule has 0 saturated heterocycles. The summed E-state index contributed by atoms with van der Waals surface area (Å²) in [6.45, 7) is 2.75. The van der Waals surface area contributed by atoms with Gasteiger partial charge < -0.3 is 15.7 Å². The molecular formula is C19H23FN2O2. The highest BCUT2D eigenvalue weighted by atomic mass is 19.1. The fourth-order valence-electron chi connectivity index (χ4n) is 2.40. The van der Waals surface area contributed by atoms with Crippen molar-refractivity contribution in [3.05, 3.63) is 65.5 Å². The lowest BCUT2D eigenvalue weighted by Crippen LogP contribution is -2.32. The van der Waals surface area contributed by atoms with Crippen molar-refractivity contribution in [3.8, 4) is 0 Å². The topological polar surface area (TPSA) is 61.4 Å². The van der Waals surface area contributed by atoms with Crippen LogP contribution in [0.3, 0.4) is 0 Å². The Morgan fingerprint density at radius 2 is 1.88 bits per heavy atom. The van der Waals surface area contributed by atoms with E-state index in [-0.39, 0.29) is 24.4 Å². The normalized spacial score (nSPS) is 12.0. The number of halogens is 1. The minimum absolute atomic E-state index is 0.0234. The molecule has 0 spiro atoms. The molecule has 3 N–H and O–H groups in total. The Morgan fingerprint density at radius 1 is 1.17 bits per heavy atom. The monoisotopic (exact) mass is 330 g/mol. The average Bonchev–Trinajstić information content (AvgIpc) is 2.55. The van der Waals surface area contributed by atoms with Crippen molar-refractivity contribution in [3.63, 3.8) is 0 Å². The molecule has 0 aromatic heterocycles. The maximum absolute atomic E-state index is 13.1. The van der Waals surface area contributed by atoms with E-state index >= 15 is 0 Å². The molecular weight excluding hydrogens is 307 g/mol. The molecule has 24 heavy (non-hydrogen) atoms. The summed E-state index contributed by atoms with van der Waals surface area (Å²) in [7, 11) is 0. The lowest BCUT2D eigenvalue weighted by atomic mass is 10.1. The van der Waals surface area contributed by atoms with Crippen LogP contribution in [0.2, 0.25) is 0 Å². The first-order valence-corrected chi connectivity index (χ1v) is 8.04. The van der Waals surface area contributed by atoms with Crippen LogP contribution in [0.15, 0.2) is 48.5 Å². The third-order valence-corrected chi connectivity index (χ3v) is 3.71. The Hall–Kier alpha value is -2.24. The van der Waals surface area contributed by atoms with Crippen LogP contribution in [0.25, 0.3) is 0 Å². The van der Waals surface area contributed by atoms with Gasteiger partial charge in [0.1, 0.15) is 5.82 Å². The standard InChI is InChI=1S/C19H23FN2O2/c1-14(11-19(24)22-18-4-2-3-17(20)12-18)21-10-9-15-5-7-16(13-23)8-6-15/h2-8,12,14,21,23H,9-11,13H2,1H3,(H,22,24). The highest BCUT2D eigenvalue weighted by Gasteiger charge is 2.09. The van der Waals surface area contributed by atoms with Gasteiger partial charge >= 0.3 is 0 Å². The van der Waals surface area contributed by atoms with Crippen LogP contribution >= 0.6 is 0 Å². The number of carbonyl (C=O) groups excluding carboxylic acids is 1. The van der Waals surface area contributed by atoms with Gasteiger partial charge in [0.25, 0.3) is 0 Å². The summed E-state index contributed by atoms with van der Waals surface area (Å²) in [5.41, 5.74) is 2.54. The summed E-state index contributed by atoms with van der Waals surface area (Å²) in [5.74, 6) is -0.515. The minimum atomic E-state index is -0.369. The Labute approximate surface area is 141 Å². The molecule has 0 aliphatic carbocycles. The molecule has 4 nitrogen and oxygen atoms in total. The zero-order chi connectivity index (χ0) is 17.4. The molecule has 0 bridgehead atoms. The van der Waals surface area contributed by atoms with Gasteiger partial charge in [-0.05, 0) is 49.2 Å². The van der Waals surface area contributed by atoms with Gasteiger partial charge in [-0.2, -0.15) is 0 Å². The molecule has 0 aliphatic rings. The molecule has 0 aliphatic heterocycles. The number of aliphatic hydroxyl groups excluding tert-OH is 1. The maximum Gasteiger partial charge on any atom is 0.225 e. The molecule has 1 unspecified atom stereocenters. The second-order valence-electron chi connectivity index (χ2n) is 5.84. The number of hydrogen-bond donors (Lipinski definition) is 3. The molecule has 2 rings (SSSR count). The molecule has 5 heteroatoms. The first-order chi connectivity index (χ1) is 11.6. The van der Waals surface area contributed by atoms with Crippen LogP contribution in [0.4, 0.5) is 10.1 Å². The van der Waals surface area contributed by atoms with Gasteiger partial charge in [0, 0.05) is 18.2 Å². The summed E-state index contributed by atoms with van der Waals surface area (Å²) < 4.78 is 13.1. The van der Waals surface area contributed by atoms with Crippen molar-refractivity contribution in [2.45, 2.75) is 32.4 Å². The molecule has 0 radical (unpaired) electrons. The fraction of sp³-hybridized carbons (Fsp3) is 0.316. The van der Waals surface area contributed by atoms with E-state index in [4.69, 9.17) is 5.11 Å². The van der Waals surface area contributed by atoms with Crippen molar-refractivity contribution >= 4 is 11.6 Å². The van der Waals surface area contributed by atoms with Gasteiger partial charge in [-0.15, -0.1) is 0 Å². The SMILES string of the molecule is CC(CC(=O)Nc1cccc(F)c1)NCCc1ccc(CO)cc1. The zero-order valence-electron chi connectivity index (χ0n) is 13.8. The lowest BCUT2D eigenvalue weighted by Gasteiger charge is -2.14. The Kier molecular flexibility index (Phi) is 6.90. The Balaban J connectivity index is 1.70. The molecule has 1 atom stereocenters. The molecule has 2 aromatic carbocycles. The third kappa shape index (κ3) is 6.10. The van der Waals surface area contributed by atoms with Gasteiger partial charge in [-0.25, -0.2) is 4.39 Å². The molecule has 0 fully saturated rings. The zero-order valence-corrected chi connectivity index (χ0v) is 13.8. The van der Waals surface area contributed by atoms with E-state index in [0.717, 1.165) is 18.5 Å². The van der Waals surface area contributed by atoms with Crippen LogP contribution in [0.1, 0.15) is 24.5 Å². The predicted molar refractivity (Wildman–Crippen MR) is 93.2 cm³/mol. The fourth-order valence-corrected chi connectivity index (χ4v) is 2.40. The van der Waals surface area contributed by atoms with Crippen molar-refractivity contribution in [1.29, 1.82) is 0 Å². The number of hydrogen-bond acceptors (Lipinski definition) is 3. The Bertz CT molecular complexity index is 659. The van der Waals surface area contributed by atoms with Gasteiger partial charge in [0.05, 0.1) is 6.61 Å². The third-order valence-electron chi connectivity index (χ3n) is 3.71. The Morgan fingerprint density at radius 3 is 2.54 bits per heavy atom. The van der Waals surface area contributed by atoms with Gasteiger partial charge in [-0.1, -0.05) is 30.3 Å². The van der Waals surface area contributed by atoms with E-state index in [9.17, 15) is 9.18 Å². The van der Waals surface area contributed by atoms with E-state index in [0.29, 0.717) is 12.1 Å². The largest absolute Gasteiger partial charge is 0.392 e. The van der Waals surface area contributed by atoms with Crippen molar-refractivity contribution in [1.82, 2.24) is 5.32 Å². The van der Waals surface area contributed by atoms with E-state index in [2.05, 4.69) is 10.6 Å². The van der Waals surface area contributed by atoms with Crippen molar-refractivity contribution < 1.29 is 14.3 Å². The number of carbonyl (C=O) groups is 1. The van der Waals surface area contributed by atoms with Crippen LogP contribution < -0.4 is 10.6 Å². The quantitative estimate of drug-likeness (QED) is 0.697. The number of nitrogens with one attached hydrogen (secondary N) is 2. The van der Waals surface area contributed by atoms with E-state index < -0.39 is 0 Å². The van der Waals surface area contributed by atoms with Gasteiger partial charge in [0.2, 0.25) is 5.91 Å². The highest BCUT2D eigenvalue weighted by molar-refractivity contribution is 5.91. The van der Waals surface area contributed by atoms with Crippen LogP contribution in [0.5, 0.6) is 0 Å². The first-order valence-electron chi connectivity index (χ1n) is 8.04. The predicted octanol–water partition coefficient (Wildman–Crippen LogP) is 2.87. The van der Waals surface area contributed by atoms with Crippen LogP contribution in [0, 0.1) is 5.82 Å². The number of benzene rings is 2. The molecule has 2 aromatic rings. The summed E-state index contributed by atoms with van der Waals surface area (Å²) in [6.07, 6.45) is 1.17. The molecule has 1 amide bonds. The van der Waals surface area contributed by atoms with Crippen molar-refractivity contribution in [2.24, 2.45) is 0 Å². The van der Waals surface area contributed by atoms with E-state index in [1.807, 2.05) is 31.2 Å². The second kappa shape index (κ2) is 9.15.